The van der Waals surface area contributed by atoms with E-state index < -0.39 is 5.97 Å². The molecule has 2 aromatic rings. The highest BCUT2D eigenvalue weighted by molar-refractivity contribution is 5.89. The van der Waals surface area contributed by atoms with Crippen LogP contribution in [0.2, 0.25) is 0 Å². The van der Waals surface area contributed by atoms with Gasteiger partial charge in [0.25, 0.3) is 0 Å². The molecule has 6 heteroatoms. The summed E-state index contributed by atoms with van der Waals surface area (Å²) in [4.78, 5) is 21.0. The molecule has 0 saturated carbocycles. The van der Waals surface area contributed by atoms with Gasteiger partial charge in [0.05, 0.1) is 11.3 Å². The molecule has 20 heavy (non-hydrogen) atoms. The number of nitrogen functional groups attached to an aromatic ring is 1. The minimum atomic E-state index is -1.03. The van der Waals surface area contributed by atoms with Crippen LogP contribution in [-0.4, -0.2) is 27.6 Å². The summed E-state index contributed by atoms with van der Waals surface area (Å²) in [5.41, 5.74) is 7.45. The average Bonchev–Trinajstić information content (AvgIpc) is 2.46. The summed E-state index contributed by atoms with van der Waals surface area (Å²) in [6.45, 7) is 3.35. The predicted octanol–water partition coefficient (Wildman–Crippen LogP) is 1.78. The standard InChI is InChI=1S/C14H16N4O2/c1-2-18(9-10-3-5-16-6-4-10)13-12(15)7-11(8-17-13)14(19)20/h3-8H,2,9,15H2,1H3,(H,19,20). The van der Waals surface area contributed by atoms with Crippen molar-refractivity contribution in [2.45, 2.75) is 13.5 Å². The van der Waals surface area contributed by atoms with Crippen LogP contribution in [0.4, 0.5) is 11.5 Å². The molecular weight excluding hydrogens is 256 g/mol. The van der Waals surface area contributed by atoms with Gasteiger partial charge in [-0.15, -0.1) is 0 Å². The van der Waals surface area contributed by atoms with E-state index in [1.54, 1.807) is 12.4 Å². The topological polar surface area (TPSA) is 92.3 Å². The molecular formula is C14H16N4O2. The van der Waals surface area contributed by atoms with Crippen LogP contribution >= 0.6 is 0 Å². The SMILES string of the molecule is CCN(Cc1ccncc1)c1ncc(C(=O)O)cc1N. The lowest BCUT2D eigenvalue weighted by molar-refractivity contribution is 0.0696. The third kappa shape index (κ3) is 3.03. The van der Waals surface area contributed by atoms with Crippen LogP contribution in [0.15, 0.2) is 36.8 Å². The number of anilines is 2. The van der Waals surface area contributed by atoms with Gasteiger partial charge in [-0.3, -0.25) is 4.98 Å². The Labute approximate surface area is 116 Å². The van der Waals surface area contributed by atoms with Crippen LogP contribution in [0.3, 0.4) is 0 Å². The maximum absolute atomic E-state index is 10.9. The lowest BCUT2D eigenvalue weighted by Gasteiger charge is -2.23. The highest BCUT2D eigenvalue weighted by atomic mass is 16.4. The number of carbonyl (C=O) groups is 1. The Bertz CT molecular complexity index is 601. The van der Waals surface area contributed by atoms with Gasteiger partial charge in [0.1, 0.15) is 0 Å². The number of aromatic nitrogens is 2. The lowest BCUT2D eigenvalue weighted by Crippen LogP contribution is -2.24. The van der Waals surface area contributed by atoms with Gasteiger partial charge in [-0.25, -0.2) is 9.78 Å². The molecule has 0 unspecified atom stereocenters. The second-order valence-corrected chi connectivity index (χ2v) is 4.31. The number of pyridine rings is 2. The molecule has 0 spiro atoms. The van der Waals surface area contributed by atoms with Crippen molar-refractivity contribution in [3.05, 3.63) is 47.9 Å². The smallest absolute Gasteiger partial charge is 0.337 e. The zero-order chi connectivity index (χ0) is 14.5. The van der Waals surface area contributed by atoms with Gasteiger partial charge in [0.15, 0.2) is 5.82 Å². The zero-order valence-corrected chi connectivity index (χ0v) is 11.2. The van der Waals surface area contributed by atoms with Gasteiger partial charge in [0, 0.05) is 31.7 Å². The molecule has 0 aliphatic heterocycles. The number of rotatable bonds is 5. The van der Waals surface area contributed by atoms with Gasteiger partial charge in [-0.05, 0) is 30.7 Å². The van der Waals surface area contributed by atoms with Crippen LogP contribution in [0.5, 0.6) is 0 Å². The van der Waals surface area contributed by atoms with Crippen LogP contribution in [0.1, 0.15) is 22.8 Å². The summed E-state index contributed by atoms with van der Waals surface area (Å²) in [6, 6.07) is 5.27. The Kier molecular flexibility index (Phi) is 4.14. The first-order chi connectivity index (χ1) is 9.61. The van der Waals surface area contributed by atoms with Crippen molar-refractivity contribution in [2.24, 2.45) is 0 Å². The number of nitrogens with two attached hydrogens (primary N) is 1. The molecule has 0 amide bonds. The first-order valence-electron chi connectivity index (χ1n) is 6.24. The summed E-state index contributed by atoms with van der Waals surface area (Å²) in [5.74, 6) is -0.442. The monoisotopic (exact) mass is 272 g/mol. The number of hydrogen-bond acceptors (Lipinski definition) is 5. The van der Waals surface area contributed by atoms with E-state index in [0.717, 1.165) is 5.56 Å². The molecule has 2 aromatic heterocycles. The normalized spacial score (nSPS) is 10.2. The molecule has 104 valence electrons. The molecule has 0 atom stereocenters. The van der Waals surface area contributed by atoms with Crippen molar-refractivity contribution in [3.63, 3.8) is 0 Å². The number of carboxylic acids is 1. The van der Waals surface area contributed by atoms with E-state index in [-0.39, 0.29) is 5.56 Å². The second kappa shape index (κ2) is 6.01. The van der Waals surface area contributed by atoms with Crippen LogP contribution in [0.25, 0.3) is 0 Å². The van der Waals surface area contributed by atoms with E-state index in [9.17, 15) is 4.79 Å². The third-order valence-electron chi connectivity index (χ3n) is 2.95. The first kappa shape index (κ1) is 13.8. The maximum atomic E-state index is 10.9. The fourth-order valence-corrected chi connectivity index (χ4v) is 1.90. The number of hydrogen-bond donors (Lipinski definition) is 2. The van der Waals surface area contributed by atoms with E-state index in [4.69, 9.17) is 10.8 Å². The Balaban J connectivity index is 2.26. The average molecular weight is 272 g/mol. The minimum Gasteiger partial charge on any atom is -0.478 e. The molecule has 6 nitrogen and oxygen atoms in total. The van der Waals surface area contributed by atoms with Crippen LogP contribution in [0, 0.1) is 0 Å². The Morgan fingerprint density at radius 2 is 2.10 bits per heavy atom. The molecule has 0 fully saturated rings. The largest absolute Gasteiger partial charge is 0.478 e. The summed E-state index contributed by atoms with van der Waals surface area (Å²) >= 11 is 0. The Morgan fingerprint density at radius 1 is 1.40 bits per heavy atom. The summed E-state index contributed by atoms with van der Waals surface area (Å²) < 4.78 is 0. The van der Waals surface area contributed by atoms with Crippen LogP contribution in [-0.2, 0) is 6.54 Å². The molecule has 2 heterocycles. The fraction of sp³-hybridized carbons (Fsp3) is 0.214. The van der Waals surface area contributed by atoms with E-state index >= 15 is 0 Å². The quantitative estimate of drug-likeness (QED) is 0.862. The molecule has 0 aromatic carbocycles. The summed E-state index contributed by atoms with van der Waals surface area (Å²) in [6.07, 6.45) is 4.78. The number of aromatic carboxylic acids is 1. The Hall–Kier alpha value is -2.63. The van der Waals surface area contributed by atoms with Crippen molar-refractivity contribution in [1.29, 1.82) is 0 Å². The van der Waals surface area contributed by atoms with E-state index in [2.05, 4.69) is 9.97 Å². The molecule has 0 radical (unpaired) electrons. The summed E-state index contributed by atoms with van der Waals surface area (Å²) in [5, 5.41) is 8.92. The summed E-state index contributed by atoms with van der Waals surface area (Å²) in [7, 11) is 0. The minimum absolute atomic E-state index is 0.0891. The van der Waals surface area contributed by atoms with Gasteiger partial charge >= 0.3 is 5.97 Å². The molecule has 2 rings (SSSR count). The van der Waals surface area contributed by atoms with E-state index in [1.807, 2.05) is 24.0 Å². The van der Waals surface area contributed by atoms with Crippen molar-refractivity contribution in [2.75, 3.05) is 17.2 Å². The highest BCUT2D eigenvalue weighted by Crippen LogP contribution is 2.22. The second-order valence-electron chi connectivity index (χ2n) is 4.31. The predicted molar refractivity (Wildman–Crippen MR) is 76.6 cm³/mol. The van der Waals surface area contributed by atoms with Gasteiger partial charge in [-0.2, -0.15) is 0 Å². The van der Waals surface area contributed by atoms with Gasteiger partial charge < -0.3 is 15.7 Å². The van der Waals surface area contributed by atoms with Gasteiger partial charge in [-0.1, -0.05) is 0 Å². The lowest BCUT2D eigenvalue weighted by atomic mass is 10.2. The fourth-order valence-electron chi connectivity index (χ4n) is 1.90. The molecule has 0 bridgehead atoms. The van der Waals surface area contributed by atoms with E-state index in [0.29, 0.717) is 24.6 Å². The molecule has 0 saturated heterocycles. The number of nitrogens with zero attached hydrogens (tertiary/aromatic N) is 3. The first-order valence-corrected chi connectivity index (χ1v) is 6.24. The van der Waals surface area contributed by atoms with Crippen molar-refractivity contribution < 1.29 is 9.90 Å². The van der Waals surface area contributed by atoms with Crippen LogP contribution < -0.4 is 10.6 Å². The van der Waals surface area contributed by atoms with Crippen molar-refractivity contribution >= 4 is 17.5 Å². The zero-order valence-electron chi connectivity index (χ0n) is 11.2. The van der Waals surface area contributed by atoms with Crippen molar-refractivity contribution in [1.82, 2.24) is 9.97 Å². The maximum Gasteiger partial charge on any atom is 0.337 e. The molecule has 0 aliphatic rings. The molecule has 3 N–H and O–H groups in total. The van der Waals surface area contributed by atoms with Gasteiger partial charge in [0.2, 0.25) is 0 Å². The molecule has 0 aliphatic carbocycles. The highest BCUT2D eigenvalue weighted by Gasteiger charge is 2.13. The van der Waals surface area contributed by atoms with E-state index in [1.165, 1.54) is 12.3 Å². The Morgan fingerprint density at radius 3 is 2.65 bits per heavy atom. The number of carboxylic acid groups (broad SMARTS) is 1. The van der Waals surface area contributed by atoms with Crippen molar-refractivity contribution in [3.8, 4) is 0 Å². The third-order valence-corrected chi connectivity index (χ3v) is 2.95.